The summed E-state index contributed by atoms with van der Waals surface area (Å²) in [5.41, 5.74) is 0. The van der Waals surface area contributed by atoms with Gasteiger partial charge in [-0.15, -0.1) is 0 Å². The van der Waals surface area contributed by atoms with E-state index in [1.807, 2.05) is 33.3 Å². The molecule has 3 atom stereocenters. The molecule has 3 unspecified atom stereocenters. The van der Waals surface area contributed by atoms with Crippen LogP contribution in [0.3, 0.4) is 0 Å². The van der Waals surface area contributed by atoms with Gasteiger partial charge in [0.1, 0.15) is 19.3 Å². The minimum absolute atomic E-state index is 0.0408. The van der Waals surface area contributed by atoms with Crippen molar-refractivity contribution in [3.63, 3.8) is 0 Å². The number of phosphoric acid groups is 1. The van der Waals surface area contributed by atoms with Crippen LogP contribution in [0, 0.1) is 0 Å². The Hall–Kier alpha value is -1.77. The molecule has 0 aromatic carbocycles. The molecule has 0 aliphatic carbocycles. The van der Waals surface area contributed by atoms with Crippen molar-refractivity contribution in [2.45, 2.75) is 348 Å². The first kappa shape index (κ1) is 76.2. The summed E-state index contributed by atoms with van der Waals surface area (Å²) < 4.78 is 30.8. The van der Waals surface area contributed by atoms with Crippen molar-refractivity contribution in [3.05, 3.63) is 36.5 Å². The Balaban J connectivity index is 5.14. The number of hydrogen-bond acceptors (Lipinski definition) is 6. The first-order valence-electron chi connectivity index (χ1n) is 33.8. The predicted octanol–water partition coefficient (Wildman–Crippen LogP) is 21.1. The molecule has 0 rings (SSSR count). The van der Waals surface area contributed by atoms with Crippen LogP contribution >= 0.6 is 7.82 Å². The summed E-state index contributed by atoms with van der Waals surface area (Å²) in [6, 6.07) is -0.850. The molecule has 0 aromatic heterocycles. The third-order valence-corrected chi connectivity index (χ3v) is 16.3. The summed E-state index contributed by atoms with van der Waals surface area (Å²) in [6.45, 7) is 7.05. The molecule has 0 bridgehead atoms. The average molecular weight is 1120 g/mol. The quantitative estimate of drug-likeness (QED) is 0.0205. The van der Waals surface area contributed by atoms with Crippen LogP contribution in [0.4, 0.5) is 0 Å². The fourth-order valence-corrected chi connectivity index (χ4v) is 10.8. The SMILES string of the molecule is CCCCCCCC/C=C/CCCCCCCCCCCCCCCC(=O)OC(/C=C\CCCCCCCCCCCCC)C(COP(=O)(O)OCC[N+](C)(C)C)NC(=O)CCCCCCC/C=C/CCCCCCCCC. The number of esters is 1. The summed E-state index contributed by atoms with van der Waals surface area (Å²) in [5, 5.41) is 3.06. The highest BCUT2D eigenvalue weighted by Gasteiger charge is 2.30. The molecule has 9 nitrogen and oxygen atoms in total. The highest BCUT2D eigenvalue weighted by atomic mass is 31.2. The number of nitrogens with one attached hydrogen (secondary N) is 1. The zero-order valence-corrected chi connectivity index (χ0v) is 53.6. The Morgan fingerprint density at radius 2 is 0.744 bits per heavy atom. The van der Waals surface area contributed by atoms with Crippen LogP contribution < -0.4 is 5.32 Å². The van der Waals surface area contributed by atoms with Crippen molar-refractivity contribution in [2.75, 3.05) is 40.9 Å². The Bertz CT molecular complexity index is 1430. The summed E-state index contributed by atoms with van der Waals surface area (Å²) in [7, 11) is 1.50. The number of carbonyl (C=O) groups is 2. The molecule has 0 saturated heterocycles. The number of unbranched alkanes of at least 4 members (excludes halogenated alkanes) is 42. The van der Waals surface area contributed by atoms with Gasteiger partial charge in [0.2, 0.25) is 5.91 Å². The number of allylic oxidation sites excluding steroid dienone is 5. The smallest absolute Gasteiger partial charge is 0.456 e. The van der Waals surface area contributed by atoms with E-state index in [-0.39, 0.29) is 25.1 Å². The van der Waals surface area contributed by atoms with Crippen LogP contribution in [0.1, 0.15) is 335 Å². The van der Waals surface area contributed by atoms with Crippen LogP contribution in [0.5, 0.6) is 0 Å². The van der Waals surface area contributed by atoms with E-state index >= 15 is 0 Å². The second-order valence-corrected chi connectivity index (χ2v) is 25.8. The van der Waals surface area contributed by atoms with Gasteiger partial charge >= 0.3 is 13.8 Å². The predicted molar refractivity (Wildman–Crippen MR) is 337 cm³/mol. The van der Waals surface area contributed by atoms with Crippen LogP contribution in [-0.2, 0) is 27.9 Å². The number of rotatable bonds is 62. The Kier molecular flexibility index (Phi) is 57.1. The van der Waals surface area contributed by atoms with Crippen molar-refractivity contribution < 1.29 is 37.3 Å². The van der Waals surface area contributed by atoms with E-state index in [1.54, 1.807) is 0 Å². The van der Waals surface area contributed by atoms with E-state index < -0.39 is 20.0 Å². The molecule has 0 saturated carbocycles. The summed E-state index contributed by atoms with van der Waals surface area (Å²) >= 11 is 0. The van der Waals surface area contributed by atoms with Crippen LogP contribution in [-0.4, -0.2) is 74.3 Å². The van der Waals surface area contributed by atoms with E-state index in [2.05, 4.69) is 50.4 Å². The topological polar surface area (TPSA) is 111 Å². The highest BCUT2D eigenvalue weighted by Crippen LogP contribution is 2.43. The monoisotopic (exact) mass is 1120 g/mol. The molecular formula is C68H132N2O7P+. The molecule has 0 aliphatic heterocycles. The lowest BCUT2D eigenvalue weighted by Gasteiger charge is -2.27. The van der Waals surface area contributed by atoms with Crippen molar-refractivity contribution >= 4 is 19.7 Å². The first-order chi connectivity index (χ1) is 37.9. The van der Waals surface area contributed by atoms with Crippen molar-refractivity contribution in [2.24, 2.45) is 0 Å². The Morgan fingerprint density at radius 1 is 0.436 bits per heavy atom. The number of carbonyl (C=O) groups excluding carboxylic acids is 2. The van der Waals surface area contributed by atoms with Gasteiger partial charge < -0.3 is 19.4 Å². The molecule has 0 fully saturated rings. The number of quaternary nitrogens is 1. The molecule has 0 aromatic rings. The van der Waals surface area contributed by atoms with E-state index in [1.165, 1.54) is 225 Å². The van der Waals surface area contributed by atoms with Crippen LogP contribution in [0.15, 0.2) is 36.5 Å². The van der Waals surface area contributed by atoms with E-state index in [4.69, 9.17) is 13.8 Å². The van der Waals surface area contributed by atoms with Gasteiger partial charge in [-0.05, 0) is 83.1 Å². The molecule has 460 valence electrons. The van der Waals surface area contributed by atoms with Gasteiger partial charge in [-0.3, -0.25) is 18.6 Å². The van der Waals surface area contributed by atoms with E-state index in [0.717, 1.165) is 77.0 Å². The number of hydrogen-bond donors (Lipinski definition) is 2. The fraction of sp³-hybridized carbons (Fsp3) is 0.882. The second-order valence-electron chi connectivity index (χ2n) is 24.3. The molecule has 0 aliphatic rings. The van der Waals surface area contributed by atoms with Gasteiger partial charge in [0.15, 0.2) is 0 Å². The van der Waals surface area contributed by atoms with Crippen LogP contribution in [0.25, 0.3) is 0 Å². The highest BCUT2D eigenvalue weighted by molar-refractivity contribution is 7.47. The van der Waals surface area contributed by atoms with Gasteiger partial charge in [-0.1, -0.05) is 276 Å². The first-order valence-corrected chi connectivity index (χ1v) is 35.3. The molecule has 0 spiro atoms. The number of phosphoric ester groups is 1. The van der Waals surface area contributed by atoms with Gasteiger partial charge in [-0.2, -0.15) is 0 Å². The van der Waals surface area contributed by atoms with Crippen LogP contribution in [0.2, 0.25) is 0 Å². The average Bonchev–Trinajstić information content (AvgIpc) is 3.40. The number of likely N-dealkylation sites (N-methyl/N-ethyl adjacent to an activating group) is 1. The summed E-state index contributed by atoms with van der Waals surface area (Å²) in [4.78, 5) is 37.8. The van der Waals surface area contributed by atoms with Gasteiger partial charge in [0, 0.05) is 12.8 Å². The lowest BCUT2D eigenvalue weighted by atomic mass is 10.0. The lowest BCUT2D eigenvalue weighted by Crippen LogP contribution is -2.47. The molecule has 1 amide bonds. The van der Waals surface area contributed by atoms with E-state index in [0.29, 0.717) is 23.9 Å². The number of nitrogens with zero attached hydrogens (tertiary/aromatic N) is 1. The summed E-state index contributed by atoms with van der Waals surface area (Å²) in [6.07, 6.45) is 71.5. The van der Waals surface area contributed by atoms with Gasteiger partial charge in [0.05, 0.1) is 33.8 Å². The number of ether oxygens (including phenoxy) is 1. The summed E-state index contributed by atoms with van der Waals surface area (Å²) in [5.74, 6) is -0.499. The maximum Gasteiger partial charge on any atom is 0.472 e. The Labute approximate surface area is 485 Å². The third kappa shape index (κ3) is 58.9. The zero-order chi connectivity index (χ0) is 57.2. The maximum atomic E-state index is 13.6. The molecular weight excluding hydrogens is 988 g/mol. The molecule has 2 N–H and O–H groups in total. The zero-order valence-electron chi connectivity index (χ0n) is 52.7. The third-order valence-electron chi connectivity index (χ3n) is 15.3. The molecule has 10 heteroatoms. The minimum atomic E-state index is -4.45. The standard InChI is InChI=1S/C68H131N2O7P/c1-7-10-13-16-19-22-25-28-30-32-33-34-35-36-37-38-40-43-46-49-52-55-58-61-68(72)77-66(59-56-53-50-47-44-41-27-24-21-18-15-12-9-3)65(64-76-78(73,74)75-63-62-70(4,5)6)69-67(71)60-57-54-51-48-45-42-39-31-29-26-23-20-17-14-11-8-2/h28,30-31,39,56,59,65-66H,7-27,29,32-38,40-55,57-58,60-64H2,1-6H3,(H-,69,71,73,74)/p+1/b30-28+,39-31+,59-56-. The van der Waals surface area contributed by atoms with Crippen molar-refractivity contribution in [3.8, 4) is 0 Å². The maximum absolute atomic E-state index is 13.6. The molecule has 0 heterocycles. The minimum Gasteiger partial charge on any atom is -0.456 e. The number of amides is 1. The van der Waals surface area contributed by atoms with E-state index in [9.17, 15) is 19.0 Å². The normalized spacial score (nSPS) is 13.8. The second kappa shape index (κ2) is 58.4. The largest absolute Gasteiger partial charge is 0.472 e. The molecule has 0 radical (unpaired) electrons. The lowest BCUT2D eigenvalue weighted by molar-refractivity contribution is -0.870. The molecule has 78 heavy (non-hydrogen) atoms. The fourth-order valence-electron chi connectivity index (χ4n) is 10.0. The van der Waals surface area contributed by atoms with Gasteiger partial charge in [-0.25, -0.2) is 4.57 Å². The van der Waals surface area contributed by atoms with Gasteiger partial charge in [0.25, 0.3) is 0 Å². The van der Waals surface area contributed by atoms with Crippen molar-refractivity contribution in [1.82, 2.24) is 5.32 Å². The van der Waals surface area contributed by atoms with Crippen molar-refractivity contribution in [1.29, 1.82) is 0 Å². The Morgan fingerprint density at radius 3 is 1.09 bits per heavy atom.